The van der Waals surface area contributed by atoms with Crippen molar-refractivity contribution in [1.29, 1.82) is 0 Å². The standard InChI is InChI=1S/C15H20N4O/c1-3-9-20-14-7-8-17-15(19-14)18-10-12-5-4-6-13(16)11(12)2/h4-8H,3,9-10,16H2,1-2H3,(H,17,18,19). The monoisotopic (exact) mass is 272 g/mol. The largest absolute Gasteiger partial charge is 0.478 e. The highest BCUT2D eigenvalue weighted by molar-refractivity contribution is 5.50. The second-order valence-corrected chi connectivity index (χ2v) is 4.55. The average molecular weight is 272 g/mol. The first-order chi connectivity index (χ1) is 9.70. The van der Waals surface area contributed by atoms with Crippen LogP contribution in [0.4, 0.5) is 11.6 Å². The summed E-state index contributed by atoms with van der Waals surface area (Å²) < 4.78 is 5.48. The van der Waals surface area contributed by atoms with Gasteiger partial charge in [0, 0.05) is 24.5 Å². The topological polar surface area (TPSA) is 73.1 Å². The molecule has 0 spiro atoms. The normalized spacial score (nSPS) is 10.3. The maximum Gasteiger partial charge on any atom is 0.226 e. The van der Waals surface area contributed by atoms with Gasteiger partial charge in [0.05, 0.1) is 6.61 Å². The van der Waals surface area contributed by atoms with E-state index in [1.54, 1.807) is 12.3 Å². The number of aromatic nitrogens is 2. The molecule has 2 rings (SSSR count). The van der Waals surface area contributed by atoms with Gasteiger partial charge >= 0.3 is 0 Å². The van der Waals surface area contributed by atoms with Crippen LogP contribution in [0.3, 0.4) is 0 Å². The average Bonchev–Trinajstić information content (AvgIpc) is 2.47. The molecule has 0 aliphatic rings. The van der Waals surface area contributed by atoms with Gasteiger partial charge in [0.2, 0.25) is 11.8 Å². The summed E-state index contributed by atoms with van der Waals surface area (Å²) in [5, 5.41) is 3.19. The Hall–Kier alpha value is -2.30. The van der Waals surface area contributed by atoms with Crippen molar-refractivity contribution in [2.75, 3.05) is 17.7 Å². The van der Waals surface area contributed by atoms with Crippen molar-refractivity contribution >= 4 is 11.6 Å². The molecule has 0 fully saturated rings. The zero-order valence-electron chi connectivity index (χ0n) is 11.9. The number of nitrogens with one attached hydrogen (secondary N) is 1. The summed E-state index contributed by atoms with van der Waals surface area (Å²) in [7, 11) is 0. The van der Waals surface area contributed by atoms with Gasteiger partial charge in [-0.15, -0.1) is 0 Å². The van der Waals surface area contributed by atoms with Gasteiger partial charge in [0.1, 0.15) is 0 Å². The molecule has 5 nitrogen and oxygen atoms in total. The molecule has 1 heterocycles. The Balaban J connectivity index is 2.01. The minimum absolute atomic E-state index is 0.556. The third-order valence-corrected chi connectivity index (χ3v) is 3.01. The van der Waals surface area contributed by atoms with Crippen LogP contribution in [-0.4, -0.2) is 16.6 Å². The highest BCUT2D eigenvalue weighted by Gasteiger charge is 2.03. The van der Waals surface area contributed by atoms with E-state index in [-0.39, 0.29) is 0 Å². The number of nitrogen functional groups attached to an aromatic ring is 1. The van der Waals surface area contributed by atoms with Gasteiger partial charge in [-0.05, 0) is 30.5 Å². The number of hydrogen-bond donors (Lipinski definition) is 2. The number of hydrogen-bond acceptors (Lipinski definition) is 5. The molecule has 3 N–H and O–H groups in total. The van der Waals surface area contributed by atoms with Crippen LogP contribution < -0.4 is 15.8 Å². The molecule has 0 saturated heterocycles. The van der Waals surface area contributed by atoms with E-state index in [4.69, 9.17) is 10.5 Å². The lowest BCUT2D eigenvalue weighted by Crippen LogP contribution is -2.07. The lowest BCUT2D eigenvalue weighted by Gasteiger charge is -2.10. The SMILES string of the molecule is CCCOc1ccnc(NCc2cccc(N)c2C)n1. The third-order valence-electron chi connectivity index (χ3n) is 3.01. The number of nitrogens with two attached hydrogens (primary N) is 1. The Bertz CT molecular complexity index is 572. The van der Waals surface area contributed by atoms with Crippen molar-refractivity contribution in [1.82, 2.24) is 9.97 Å². The van der Waals surface area contributed by atoms with Crippen LogP contribution >= 0.6 is 0 Å². The van der Waals surface area contributed by atoms with E-state index in [9.17, 15) is 0 Å². The van der Waals surface area contributed by atoms with E-state index in [0.717, 1.165) is 23.2 Å². The molecule has 106 valence electrons. The number of ether oxygens (including phenoxy) is 1. The van der Waals surface area contributed by atoms with Gasteiger partial charge < -0.3 is 15.8 Å². The van der Waals surface area contributed by atoms with Crippen molar-refractivity contribution < 1.29 is 4.74 Å². The molecule has 0 aliphatic heterocycles. The highest BCUT2D eigenvalue weighted by Crippen LogP contribution is 2.17. The molecule has 0 amide bonds. The van der Waals surface area contributed by atoms with Crippen LogP contribution in [0.15, 0.2) is 30.5 Å². The van der Waals surface area contributed by atoms with Gasteiger partial charge in [-0.2, -0.15) is 4.98 Å². The van der Waals surface area contributed by atoms with Crippen molar-refractivity contribution in [3.63, 3.8) is 0 Å². The van der Waals surface area contributed by atoms with Crippen molar-refractivity contribution in [3.05, 3.63) is 41.6 Å². The molecule has 1 aromatic heterocycles. The molecule has 0 saturated carbocycles. The summed E-state index contributed by atoms with van der Waals surface area (Å²) in [5.41, 5.74) is 8.90. The lowest BCUT2D eigenvalue weighted by atomic mass is 10.1. The van der Waals surface area contributed by atoms with Gasteiger partial charge in [0.15, 0.2) is 0 Å². The second kappa shape index (κ2) is 6.75. The Morgan fingerprint density at radius 2 is 2.15 bits per heavy atom. The molecule has 0 atom stereocenters. The molecule has 5 heteroatoms. The van der Waals surface area contributed by atoms with E-state index in [0.29, 0.717) is 25.0 Å². The molecule has 0 aliphatic carbocycles. The minimum Gasteiger partial charge on any atom is -0.478 e. The number of nitrogens with zero attached hydrogens (tertiary/aromatic N) is 2. The van der Waals surface area contributed by atoms with Crippen LogP contribution in [0.5, 0.6) is 5.88 Å². The fraction of sp³-hybridized carbons (Fsp3) is 0.333. The van der Waals surface area contributed by atoms with Crippen molar-refractivity contribution in [3.8, 4) is 5.88 Å². The molecule has 2 aromatic rings. The minimum atomic E-state index is 0.556. The zero-order chi connectivity index (χ0) is 14.4. The maximum atomic E-state index is 5.89. The summed E-state index contributed by atoms with van der Waals surface area (Å²) in [4.78, 5) is 8.48. The lowest BCUT2D eigenvalue weighted by molar-refractivity contribution is 0.305. The van der Waals surface area contributed by atoms with Gasteiger partial charge in [-0.25, -0.2) is 4.98 Å². The summed E-state index contributed by atoms with van der Waals surface area (Å²) in [6.07, 6.45) is 2.64. The second-order valence-electron chi connectivity index (χ2n) is 4.55. The van der Waals surface area contributed by atoms with E-state index >= 15 is 0 Å². The molecule has 0 unspecified atom stereocenters. The van der Waals surface area contributed by atoms with Crippen LogP contribution in [0.2, 0.25) is 0 Å². The van der Waals surface area contributed by atoms with Crippen molar-refractivity contribution in [2.45, 2.75) is 26.8 Å². The fourth-order valence-corrected chi connectivity index (χ4v) is 1.78. The number of benzene rings is 1. The van der Waals surface area contributed by atoms with Crippen molar-refractivity contribution in [2.24, 2.45) is 0 Å². The van der Waals surface area contributed by atoms with Crippen LogP contribution in [-0.2, 0) is 6.54 Å². The maximum absolute atomic E-state index is 5.89. The Labute approximate surface area is 119 Å². The van der Waals surface area contributed by atoms with Crippen LogP contribution in [0.25, 0.3) is 0 Å². The molecular weight excluding hydrogens is 252 g/mol. The van der Waals surface area contributed by atoms with E-state index in [1.165, 1.54) is 0 Å². The Kier molecular flexibility index (Phi) is 4.76. The summed E-state index contributed by atoms with van der Waals surface area (Å²) >= 11 is 0. The number of rotatable bonds is 6. The third kappa shape index (κ3) is 3.60. The van der Waals surface area contributed by atoms with E-state index in [1.807, 2.05) is 25.1 Å². The van der Waals surface area contributed by atoms with Gasteiger partial charge in [-0.1, -0.05) is 19.1 Å². The molecule has 1 aromatic carbocycles. The predicted molar refractivity (Wildman–Crippen MR) is 80.7 cm³/mol. The quantitative estimate of drug-likeness (QED) is 0.791. The fourth-order valence-electron chi connectivity index (χ4n) is 1.78. The van der Waals surface area contributed by atoms with E-state index < -0.39 is 0 Å². The Morgan fingerprint density at radius 3 is 2.95 bits per heavy atom. The van der Waals surface area contributed by atoms with Crippen LogP contribution in [0, 0.1) is 6.92 Å². The zero-order valence-corrected chi connectivity index (χ0v) is 11.9. The van der Waals surface area contributed by atoms with Gasteiger partial charge in [-0.3, -0.25) is 0 Å². The summed E-state index contributed by atoms with van der Waals surface area (Å²) in [5.74, 6) is 1.15. The van der Waals surface area contributed by atoms with E-state index in [2.05, 4.69) is 22.2 Å². The van der Waals surface area contributed by atoms with Crippen LogP contribution in [0.1, 0.15) is 24.5 Å². The molecular formula is C15H20N4O. The number of anilines is 2. The molecule has 0 bridgehead atoms. The first-order valence-electron chi connectivity index (χ1n) is 6.74. The summed E-state index contributed by atoms with van der Waals surface area (Å²) in [6.45, 7) is 5.36. The first kappa shape index (κ1) is 14.1. The summed E-state index contributed by atoms with van der Waals surface area (Å²) in [6, 6.07) is 7.64. The highest BCUT2D eigenvalue weighted by atomic mass is 16.5. The predicted octanol–water partition coefficient (Wildman–Crippen LogP) is 2.77. The first-order valence-corrected chi connectivity index (χ1v) is 6.74. The molecule has 20 heavy (non-hydrogen) atoms. The van der Waals surface area contributed by atoms with Gasteiger partial charge in [0.25, 0.3) is 0 Å². The smallest absolute Gasteiger partial charge is 0.226 e. The molecule has 0 radical (unpaired) electrons. The Morgan fingerprint density at radius 1 is 1.30 bits per heavy atom.